The van der Waals surface area contributed by atoms with Crippen LogP contribution < -0.4 is 4.74 Å². The number of aromatic nitrogens is 2. The predicted molar refractivity (Wildman–Crippen MR) is 114 cm³/mol. The normalized spacial score (nSPS) is 13.0. The molecule has 5 heteroatoms. The van der Waals surface area contributed by atoms with Gasteiger partial charge in [-0.15, -0.1) is 5.92 Å². The van der Waals surface area contributed by atoms with Gasteiger partial charge in [-0.05, 0) is 55.2 Å². The van der Waals surface area contributed by atoms with Gasteiger partial charge >= 0.3 is 5.97 Å². The highest BCUT2D eigenvalue weighted by atomic mass is 16.5. The molecule has 1 heterocycles. The summed E-state index contributed by atoms with van der Waals surface area (Å²) in [5.41, 5.74) is 3.96. The van der Waals surface area contributed by atoms with Gasteiger partial charge in [0.25, 0.3) is 0 Å². The maximum atomic E-state index is 11.1. The zero-order chi connectivity index (χ0) is 21.0. The lowest BCUT2D eigenvalue weighted by atomic mass is 9.95. The number of aromatic amines is 1. The first-order valence-corrected chi connectivity index (χ1v) is 9.74. The standard InChI is InChI=1S/C24H26N2O3/c1-5-6-18(14-23(27)28)17-7-10-20(11-8-17)29-24(15(2)3)19-9-12-22-21(13-19)16(4)25-26-22/h7-13,15,18,24H,14H2,1-4H3,(H,25,26)(H,27,28). The summed E-state index contributed by atoms with van der Waals surface area (Å²) in [4.78, 5) is 11.1. The first kappa shape index (κ1) is 20.5. The summed E-state index contributed by atoms with van der Waals surface area (Å²) in [6.07, 6.45) is -0.121. The van der Waals surface area contributed by atoms with Crippen LogP contribution in [0.2, 0.25) is 0 Å². The molecule has 1 aromatic heterocycles. The quantitative estimate of drug-likeness (QED) is 0.542. The lowest BCUT2D eigenvalue weighted by molar-refractivity contribution is -0.137. The number of aryl methyl sites for hydroxylation is 1. The Morgan fingerprint density at radius 3 is 2.48 bits per heavy atom. The molecule has 0 spiro atoms. The van der Waals surface area contributed by atoms with Crippen molar-refractivity contribution in [1.82, 2.24) is 10.2 Å². The summed E-state index contributed by atoms with van der Waals surface area (Å²) in [5.74, 6) is 5.63. The number of ether oxygens (including phenoxy) is 1. The Hall–Kier alpha value is -3.26. The van der Waals surface area contributed by atoms with Gasteiger partial charge in [-0.3, -0.25) is 9.89 Å². The Labute approximate surface area is 171 Å². The van der Waals surface area contributed by atoms with Crippen LogP contribution in [-0.2, 0) is 4.79 Å². The van der Waals surface area contributed by atoms with Gasteiger partial charge in [-0.25, -0.2) is 0 Å². The van der Waals surface area contributed by atoms with Gasteiger partial charge in [0.1, 0.15) is 11.9 Å². The van der Waals surface area contributed by atoms with Crippen LogP contribution in [0, 0.1) is 24.7 Å². The van der Waals surface area contributed by atoms with Crippen LogP contribution >= 0.6 is 0 Å². The van der Waals surface area contributed by atoms with Crippen LogP contribution in [0.3, 0.4) is 0 Å². The summed E-state index contributed by atoms with van der Waals surface area (Å²) < 4.78 is 6.32. The van der Waals surface area contributed by atoms with Crippen molar-refractivity contribution >= 4 is 16.9 Å². The molecule has 5 nitrogen and oxygen atoms in total. The summed E-state index contributed by atoms with van der Waals surface area (Å²) in [7, 11) is 0. The number of carbonyl (C=O) groups is 1. The highest BCUT2D eigenvalue weighted by molar-refractivity contribution is 5.81. The van der Waals surface area contributed by atoms with E-state index in [1.54, 1.807) is 6.92 Å². The number of fused-ring (bicyclic) bond motifs is 1. The SMILES string of the molecule is CC#CC(CC(=O)O)c1ccc(OC(c2ccc3n[nH]c(C)c3c2)C(C)C)cc1. The topological polar surface area (TPSA) is 75.2 Å². The highest BCUT2D eigenvalue weighted by Gasteiger charge is 2.20. The molecule has 29 heavy (non-hydrogen) atoms. The van der Waals surface area contributed by atoms with Gasteiger partial charge in [0.2, 0.25) is 0 Å². The van der Waals surface area contributed by atoms with Crippen LogP contribution in [0.25, 0.3) is 10.9 Å². The Morgan fingerprint density at radius 2 is 1.86 bits per heavy atom. The molecule has 3 aromatic rings. The van der Waals surface area contributed by atoms with Crippen LogP contribution in [0.4, 0.5) is 0 Å². The average molecular weight is 390 g/mol. The molecule has 2 aromatic carbocycles. The fourth-order valence-corrected chi connectivity index (χ4v) is 3.45. The van der Waals surface area contributed by atoms with E-state index in [1.807, 2.05) is 37.3 Å². The molecule has 0 bridgehead atoms. The minimum Gasteiger partial charge on any atom is -0.485 e. The van der Waals surface area contributed by atoms with Gasteiger partial charge in [0, 0.05) is 11.1 Å². The molecular weight excluding hydrogens is 364 g/mol. The third kappa shape index (κ3) is 4.78. The number of carboxylic acid groups (broad SMARTS) is 1. The zero-order valence-electron chi connectivity index (χ0n) is 17.2. The predicted octanol–water partition coefficient (Wildman–Crippen LogP) is 5.23. The Balaban J connectivity index is 1.84. The van der Waals surface area contributed by atoms with Crippen molar-refractivity contribution < 1.29 is 14.6 Å². The van der Waals surface area contributed by atoms with Gasteiger partial charge < -0.3 is 9.84 Å². The number of H-pyrrole nitrogens is 1. The van der Waals surface area contributed by atoms with E-state index in [-0.39, 0.29) is 24.4 Å². The van der Waals surface area contributed by atoms with E-state index in [4.69, 9.17) is 9.84 Å². The summed E-state index contributed by atoms with van der Waals surface area (Å²) in [5, 5.41) is 17.5. The molecule has 0 radical (unpaired) electrons. The molecule has 0 saturated heterocycles. The number of carboxylic acids is 1. The molecule has 0 aliphatic heterocycles. The summed E-state index contributed by atoms with van der Waals surface area (Å²) in [6, 6.07) is 13.8. The average Bonchev–Trinajstić information content (AvgIpc) is 3.06. The molecule has 2 atom stereocenters. The second kappa shape index (κ2) is 8.83. The number of hydrogen-bond donors (Lipinski definition) is 2. The molecule has 0 aliphatic rings. The molecule has 3 rings (SSSR count). The van der Waals surface area contributed by atoms with Crippen LogP contribution in [-0.4, -0.2) is 21.3 Å². The van der Waals surface area contributed by atoms with Crippen molar-refractivity contribution in [3.63, 3.8) is 0 Å². The number of rotatable bonds is 7. The van der Waals surface area contributed by atoms with Crippen molar-refractivity contribution in [2.24, 2.45) is 5.92 Å². The third-order valence-corrected chi connectivity index (χ3v) is 4.95. The molecule has 0 amide bonds. The first-order valence-electron chi connectivity index (χ1n) is 9.74. The Bertz CT molecular complexity index is 1060. The van der Waals surface area contributed by atoms with Crippen molar-refractivity contribution in [1.29, 1.82) is 0 Å². The molecule has 0 fully saturated rings. The van der Waals surface area contributed by atoms with Crippen LogP contribution in [0.1, 0.15) is 56.0 Å². The fraction of sp³-hybridized carbons (Fsp3) is 0.333. The lowest BCUT2D eigenvalue weighted by Crippen LogP contribution is -2.14. The van der Waals surface area contributed by atoms with Crippen molar-refractivity contribution in [2.45, 2.75) is 46.1 Å². The molecule has 0 saturated carbocycles. The maximum absolute atomic E-state index is 11.1. The molecule has 2 unspecified atom stereocenters. The molecule has 2 N–H and O–H groups in total. The monoisotopic (exact) mass is 390 g/mol. The van der Waals surface area contributed by atoms with E-state index in [0.29, 0.717) is 0 Å². The number of nitrogens with one attached hydrogen (secondary N) is 1. The number of benzene rings is 2. The summed E-state index contributed by atoms with van der Waals surface area (Å²) >= 11 is 0. The van der Waals surface area contributed by atoms with Gasteiger partial charge in [0.15, 0.2) is 0 Å². The van der Waals surface area contributed by atoms with Crippen molar-refractivity contribution in [3.05, 3.63) is 59.3 Å². The highest BCUT2D eigenvalue weighted by Crippen LogP contribution is 2.31. The van der Waals surface area contributed by atoms with E-state index in [2.05, 4.69) is 48.0 Å². The number of nitrogens with zero attached hydrogens (tertiary/aromatic N) is 1. The minimum absolute atomic E-state index is 0.0142. The molecular formula is C24H26N2O3. The second-order valence-corrected chi connectivity index (χ2v) is 7.52. The largest absolute Gasteiger partial charge is 0.485 e. The summed E-state index contributed by atoms with van der Waals surface area (Å²) in [6.45, 7) is 7.99. The molecule has 0 aliphatic carbocycles. The van der Waals surface area contributed by atoms with Gasteiger partial charge in [0.05, 0.1) is 17.9 Å². The second-order valence-electron chi connectivity index (χ2n) is 7.52. The maximum Gasteiger partial charge on any atom is 0.304 e. The minimum atomic E-state index is -0.858. The van der Waals surface area contributed by atoms with Crippen molar-refractivity contribution in [2.75, 3.05) is 0 Å². The van der Waals surface area contributed by atoms with Crippen LogP contribution in [0.5, 0.6) is 5.75 Å². The fourth-order valence-electron chi connectivity index (χ4n) is 3.45. The van der Waals surface area contributed by atoms with E-state index >= 15 is 0 Å². The lowest BCUT2D eigenvalue weighted by Gasteiger charge is -2.23. The number of aliphatic carboxylic acids is 1. The number of hydrogen-bond acceptors (Lipinski definition) is 3. The molecule has 150 valence electrons. The van der Waals surface area contributed by atoms with Crippen molar-refractivity contribution in [3.8, 4) is 17.6 Å². The van der Waals surface area contributed by atoms with E-state index in [9.17, 15) is 4.79 Å². The van der Waals surface area contributed by atoms with E-state index < -0.39 is 5.97 Å². The third-order valence-electron chi connectivity index (χ3n) is 4.95. The zero-order valence-corrected chi connectivity index (χ0v) is 17.2. The smallest absolute Gasteiger partial charge is 0.304 e. The van der Waals surface area contributed by atoms with Crippen LogP contribution in [0.15, 0.2) is 42.5 Å². The first-order chi connectivity index (χ1) is 13.9. The van der Waals surface area contributed by atoms with Gasteiger partial charge in [-0.1, -0.05) is 38.0 Å². The Morgan fingerprint density at radius 1 is 1.17 bits per heavy atom. The Kier molecular flexibility index (Phi) is 6.23. The van der Waals surface area contributed by atoms with E-state index in [0.717, 1.165) is 33.5 Å². The van der Waals surface area contributed by atoms with Gasteiger partial charge in [-0.2, -0.15) is 5.10 Å². The van der Waals surface area contributed by atoms with E-state index in [1.165, 1.54) is 0 Å².